The van der Waals surface area contributed by atoms with Crippen molar-refractivity contribution in [1.82, 2.24) is 15.2 Å². The Bertz CT molecular complexity index is 915. The molecule has 3 heterocycles. The zero-order valence-electron chi connectivity index (χ0n) is 13.7. The predicted molar refractivity (Wildman–Crippen MR) is 95.9 cm³/mol. The molecule has 5 heteroatoms. The molecule has 1 atom stereocenters. The summed E-state index contributed by atoms with van der Waals surface area (Å²) in [6.07, 6.45) is 9.38. The van der Waals surface area contributed by atoms with Crippen molar-refractivity contribution in [3.63, 3.8) is 0 Å². The van der Waals surface area contributed by atoms with Crippen LogP contribution in [0.5, 0.6) is 0 Å². The Morgan fingerprint density at radius 3 is 2.96 bits per heavy atom. The molecule has 1 aromatic carbocycles. The normalized spacial score (nSPS) is 26.0. The van der Waals surface area contributed by atoms with Crippen LogP contribution in [0.15, 0.2) is 53.2 Å². The molecule has 1 saturated carbocycles. The van der Waals surface area contributed by atoms with E-state index in [0.29, 0.717) is 11.7 Å². The van der Waals surface area contributed by atoms with Crippen molar-refractivity contribution in [2.24, 2.45) is 16.6 Å². The fourth-order valence-electron chi connectivity index (χ4n) is 4.19. The molecule has 3 aliphatic rings. The van der Waals surface area contributed by atoms with Crippen LogP contribution in [0.4, 0.5) is 0 Å². The highest BCUT2D eigenvalue weighted by atomic mass is 15.3. The highest BCUT2D eigenvalue weighted by Gasteiger charge is 2.53. The first-order valence-electron chi connectivity index (χ1n) is 8.55. The Morgan fingerprint density at radius 1 is 1.29 bits per heavy atom. The zero-order chi connectivity index (χ0) is 16.3. The molecule has 2 aromatic rings. The minimum Gasteiger partial charge on any atom is -0.384 e. The third-order valence-electron chi connectivity index (χ3n) is 5.62. The van der Waals surface area contributed by atoms with Crippen molar-refractivity contribution in [3.05, 3.63) is 59.4 Å². The highest BCUT2D eigenvalue weighted by molar-refractivity contribution is 5.82. The maximum atomic E-state index is 6.35. The predicted octanol–water partition coefficient (Wildman–Crippen LogP) is 3.02. The molecule has 1 unspecified atom stereocenters. The smallest absolute Gasteiger partial charge is 0.148 e. The van der Waals surface area contributed by atoms with Gasteiger partial charge in [-0.3, -0.25) is 4.99 Å². The summed E-state index contributed by atoms with van der Waals surface area (Å²) in [6, 6.07) is 8.76. The van der Waals surface area contributed by atoms with Crippen LogP contribution in [0.1, 0.15) is 30.5 Å². The zero-order valence-corrected chi connectivity index (χ0v) is 13.7. The van der Waals surface area contributed by atoms with Gasteiger partial charge in [-0.15, -0.1) is 0 Å². The molecular weight excluding hydrogens is 298 g/mol. The van der Waals surface area contributed by atoms with E-state index in [0.717, 1.165) is 16.9 Å². The SMILES string of the molecule is Cc1ccc2cc(C3(C4CCC4)N=CN4C=CNC(N)=C43)[nH]c2c1. The number of hydrogen-bond donors (Lipinski definition) is 3. The second-order valence-electron chi connectivity index (χ2n) is 7.04. The third kappa shape index (κ3) is 1.67. The van der Waals surface area contributed by atoms with E-state index >= 15 is 0 Å². The molecule has 122 valence electrons. The van der Waals surface area contributed by atoms with E-state index in [1.54, 1.807) is 0 Å². The molecule has 1 fully saturated rings. The number of aromatic amines is 1. The molecule has 1 aromatic heterocycles. The molecule has 5 rings (SSSR count). The molecule has 1 aliphatic carbocycles. The van der Waals surface area contributed by atoms with E-state index in [-0.39, 0.29) is 0 Å². The van der Waals surface area contributed by atoms with Crippen molar-refractivity contribution < 1.29 is 0 Å². The molecule has 0 bridgehead atoms. The largest absolute Gasteiger partial charge is 0.384 e. The van der Waals surface area contributed by atoms with Crippen molar-refractivity contribution in [2.45, 2.75) is 31.7 Å². The number of H-pyrrole nitrogens is 1. The van der Waals surface area contributed by atoms with Gasteiger partial charge in [-0.2, -0.15) is 0 Å². The van der Waals surface area contributed by atoms with Crippen LogP contribution in [-0.4, -0.2) is 16.2 Å². The lowest BCUT2D eigenvalue weighted by molar-refractivity contribution is 0.188. The average molecular weight is 319 g/mol. The molecule has 0 spiro atoms. The number of nitrogens with zero attached hydrogens (tertiary/aromatic N) is 2. The summed E-state index contributed by atoms with van der Waals surface area (Å²) in [5.74, 6) is 1.17. The van der Waals surface area contributed by atoms with Crippen LogP contribution in [0.2, 0.25) is 0 Å². The van der Waals surface area contributed by atoms with Crippen molar-refractivity contribution >= 4 is 17.2 Å². The number of nitrogens with one attached hydrogen (secondary N) is 2. The van der Waals surface area contributed by atoms with Gasteiger partial charge in [-0.1, -0.05) is 18.6 Å². The van der Waals surface area contributed by atoms with Crippen LogP contribution in [0.25, 0.3) is 10.9 Å². The van der Waals surface area contributed by atoms with Crippen LogP contribution in [0.3, 0.4) is 0 Å². The van der Waals surface area contributed by atoms with Gasteiger partial charge in [0.1, 0.15) is 11.4 Å². The van der Waals surface area contributed by atoms with E-state index < -0.39 is 5.54 Å². The van der Waals surface area contributed by atoms with E-state index in [1.165, 1.54) is 30.2 Å². The van der Waals surface area contributed by atoms with Crippen LogP contribution in [-0.2, 0) is 5.54 Å². The van der Waals surface area contributed by atoms with Crippen LogP contribution < -0.4 is 11.1 Å². The Balaban J connectivity index is 1.74. The number of hydrogen-bond acceptors (Lipinski definition) is 4. The molecule has 2 aliphatic heterocycles. The first-order chi connectivity index (χ1) is 11.7. The summed E-state index contributed by atoms with van der Waals surface area (Å²) in [5.41, 5.74) is 10.6. The minimum absolute atomic E-state index is 0.410. The second-order valence-corrected chi connectivity index (χ2v) is 7.04. The maximum Gasteiger partial charge on any atom is 0.148 e. The van der Waals surface area contributed by atoms with Gasteiger partial charge in [-0.25, -0.2) is 0 Å². The van der Waals surface area contributed by atoms with Gasteiger partial charge in [0.05, 0.1) is 17.7 Å². The number of rotatable bonds is 2. The molecule has 24 heavy (non-hydrogen) atoms. The molecule has 5 nitrogen and oxygen atoms in total. The van der Waals surface area contributed by atoms with Gasteiger partial charge in [0.2, 0.25) is 0 Å². The van der Waals surface area contributed by atoms with Gasteiger partial charge in [0.15, 0.2) is 0 Å². The Morgan fingerprint density at radius 2 is 2.17 bits per heavy atom. The molecule has 4 N–H and O–H groups in total. The van der Waals surface area contributed by atoms with Gasteiger partial charge < -0.3 is 20.9 Å². The fraction of sp³-hybridized carbons (Fsp3) is 0.316. The first kappa shape index (κ1) is 13.7. The lowest BCUT2D eigenvalue weighted by Crippen LogP contribution is -2.44. The Labute approximate surface area is 140 Å². The summed E-state index contributed by atoms with van der Waals surface area (Å²) in [6.45, 7) is 2.12. The molecule has 0 radical (unpaired) electrons. The fourth-order valence-corrected chi connectivity index (χ4v) is 4.19. The van der Waals surface area contributed by atoms with E-state index in [2.05, 4.69) is 46.4 Å². The van der Waals surface area contributed by atoms with E-state index in [9.17, 15) is 0 Å². The van der Waals surface area contributed by atoms with Gasteiger partial charge in [0.25, 0.3) is 0 Å². The Kier molecular flexibility index (Phi) is 2.66. The lowest BCUT2D eigenvalue weighted by Gasteiger charge is -2.42. The third-order valence-corrected chi connectivity index (χ3v) is 5.62. The number of benzene rings is 1. The summed E-state index contributed by atoms with van der Waals surface area (Å²) in [4.78, 5) is 10.7. The standard InChI is InChI=1S/C19H21N5/c1-12-5-6-13-10-16(23-15(13)9-12)19(14-3-2-4-14)17-18(20)21-7-8-24(17)11-22-19/h5-11,14,21,23H,2-4,20H2,1H3. The lowest BCUT2D eigenvalue weighted by atomic mass is 9.67. The number of fused-ring (bicyclic) bond motifs is 2. The van der Waals surface area contributed by atoms with Gasteiger partial charge in [-0.05, 0) is 48.8 Å². The van der Waals surface area contributed by atoms with Gasteiger partial charge in [0, 0.05) is 17.9 Å². The van der Waals surface area contributed by atoms with Crippen molar-refractivity contribution in [3.8, 4) is 0 Å². The summed E-state index contributed by atoms with van der Waals surface area (Å²) >= 11 is 0. The monoisotopic (exact) mass is 319 g/mol. The second kappa shape index (κ2) is 4.66. The van der Waals surface area contributed by atoms with E-state index in [1.807, 2.05) is 18.7 Å². The number of aromatic nitrogens is 1. The van der Waals surface area contributed by atoms with Crippen molar-refractivity contribution in [1.29, 1.82) is 0 Å². The van der Waals surface area contributed by atoms with Crippen LogP contribution in [0, 0.1) is 12.8 Å². The number of aliphatic imine (C=N–C) groups is 1. The summed E-state index contributed by atoms with van der Waals surface area (Å²) in [7, 11) is 0. The van der Waals surface area contributed by atoms with Crippen LogP contribution >= 0.6 is 0 Å². The minimum atomic E-state index is -0.410. The summed E-state index contributed by atoms with van der Waals surface area (Å²) < 4.78 is 0. The highest BCUT2D eigenvalue weighted by Crippen LogP contribution is 2.53. The number of nitrogens with two attached hydrogens (primary N) is 1. The molecular formula is C19H21N5. The topological polar surface area (TPSA) is 69.4 Å². The van der Waals surface area contributed by atoms with Crippen molar-refractivity contribution in [2.75, 3.05) is 0 Å². The summed E-state index contributed by atoms with van der Waals surface area (Å²) in [5, 5.41) is 4.39. The first-order valence-corrected chi connectivity index (χ1v) is 8.55. The number of aryl methyl sites for hydroxylation is 1. The quantitative estimate of drug-likeness (QED) is 0.797. The molecule has 0 saturated heterocycles. The Hall–Kier alpha value is -2.69. The average Bonchev–Trinajstić information content (AvgIpc) is 3.08. The maximum absolute atomic E-state index is 6.35. The van der Waals surface area contributed by atoms with E-state index in [4.69, 9.17) is 10.7 Å². The van der Waals surface area contributed by atoms with Gasteiger partial charge >= 0.3 is 0 Å². The molecule has 0 amide bonds.